The lowest BCUT2D eigenvalue weighted by molar-refractivity contribution is 0.118. The average molecular weight is 276 g/mol. The monoisotopic (exact) mass is 276 g/mol. The van der Waals surface area contributed by atoms with Crippen LogP contribution in [-0.4, -0.2) is 31.1 Å². The minimum atomic E-state index is -0.127. The molecule has 1 aromatic carbocycles. The van der Waals surface area contributed by atoms with Gasteiger partial charge in [0.25, 0.3) is 0 Å². The van der Waals surface area contributed by atoms with E-state index in [1.165, 1.54) is 31.2 Å². The maximum atomic E-state index is 13.3. The topological polar surface area (TPSA) is 15.3 Å². The van der Waals surface area contributed by atoms with Gasteiger partial charge in [-0.05, 0) is 75.4 Å². The number of nitrogens with zero attached hydrogens (tertiary/aromatic N) is 1. The van der Waals surface area contributed by atoms with E-state index in [4.69, 9.17) is 0 Å². The molecule has 110 valence electrons. The second-order valence-electron chi connectivity index (χ2n) is 6.51. The standard InChI is InChI=1S/C17H25FN2/c1-12-10-14(18)5-8-16(12)17-13(4-3-9-20(17)2)11-19-15-6-7-15/h5,8,10,13,15,17,19H,3-4,6-7,9,11H2,1-2H3. The average Bonchev–Trinajstić information content (AvgIpc) is 3.22. The predicted octanol–water partition coefficient (Wildman–Crippen LogP) is 3.27. The van der Waals surface area contributed by atoms with Gasteiger partial charge in [0, 0.05) is 18.6 Å². The van der Waals surface area contributed by atoms with Gasteiger partial charge < -0.3 is 5.32 Å². The molecule has 0 spiro atoms. The molecule has 2 nitrogen and oxygen atoms in total. The van der Waals surface area contributed by atoms with Crippen LogP contribution < -0.4 is 5.32 Å². The van der Waals surface area contributed by atoms with Gasteiger partial charge in [-0.2, -0.15) is 0 Å². The van der Waals surface area contributed by atoms with Crippen molar-refractivity contribution in [3.8, 4) is 0 Å². The molecule has 2 atom stereocenters. The van der Waals surface area contributed by atoms with Crippen LogP contribution >= 0.6 is 0 Å². The summed E-state index contributed by atoms with van der Waals surface area (Å²) >= 11 is 0. The third-order valence-electron chi connectivity index (χ3n) is 4.80. The van der Waals surface area contributed by atoms with Crippen LogP contribution in [0.2, 0.25) is 0 Å². The van der Waals surface area contributed by atoms with Gasteiger partial charge in [-0.3, -0.25) is 4.90 Å². The fourth-order valence-corrected chi connectivity index (χ4v) is 3.54. The highest BCUT2D eigenvalue weighted by atomic mass is 19.1. The number of hydrogen-bond donors (Lipinski definition) is 1. The third kappa shape index (κ3) is 3.04. The lowest BCUT2D eigenvalue weighted by atomic mass is 9.83. The number of likely N-dealkylation sites (tertiary alicyclic amines) is 1. The van der Waals surface area contributed by atoms with Crippen molar-refractivity contribution in [2.45, 2.75) is 44.7 Å². The van der Waals surface area contributed by atoms with Gasteiger partial charge in [-0.1, -0.05) is 6.07 Å². The van der Waals surface area contributed by atoms with Crippen LogP contribution in [0.25, 0.3) is 0 Å². The van der Waals surface area contributed by atoms with Crippen LogP contribution in [0.3, 0.4) is 0 Å². The Hall–Kier alpha value is -0.930. The molecule has 1 N–H and O–H groups in total. The molecule has 1 aromatic rings. The Balaban J connectivity index is 1.80. The first-order valence-corrected chi connectivity index (χ1v) is 7.85. The van der Waals surface area contributed by atoms with Crippen molar-refractivity contribution >= 4 is 0 Å². The summed E-state index contributed by atoms with van der Waals surface area (Å²) < 4.78 is 13.3. The molecule has 2 fully saturated rings. The smallest absolute Gasteiger partial charge is 0.123 e. The molecule has 0 bridgehead atoms. The van der Waals surface area contributed by atoms with Crippen molar-refractivity contribution in [2.75, 3.05) is 20.1 Å². The van der Waals surface area contributed by atoms with Gasteiger partial charge in [0.2, 0.25) is 0 Å². The molecule has 0 radical (unpaired) electrons. The highest BCUT2D eigenvalue weighted by Gasteiger charge is 2.32. The fourth-order valence-electron chi connectivity index (χ4n) is 3.54. The van der Waals surface area contributed by atoms with Crippen molar-refractivity contribution < 1.29 is 4.39 Å². The first-order chi connectivity index (χ1) is 9.65. The van der Waals surface area contributed by atoms with E-state index in [0.717, 1.165) is 24.7 Å². The summed E-state index contributed by atoms with van der Waals surface area (Å²) in [6.07, 6.45) is 5.21. The van der Waals surface area contributed by atoms with Gasteiger partial charge in [-0.25, -0.2) is 4.39 Å². The van der Waals surface area contributed by atoms with Crippen LogP contribution in [0.4, 0.5) is 4.39 Å². The molecule has 1 saturated heterocycles. The first kappa shape index (κ1) is 14.0. The van der Waals surface area contributed by atoms with Gasteiger partial charge in [0.15, 0.2) is 0 Å². The maximum Gasteiger partial charge on any atom is 0.123 e. The zero-order valence-corrected chi connectivity index (χ0v) is 12.5. The molecule has 20 heavy (non-hydrogen) atoms. The van der Waals surface area contributed by atoms with Crippen LogP contribution in [0.5, 0.6) is 0 Å². The van der Waals surface area contributed by atoms with Gasteiger partial charge in [-0.15, -0.1) is 0 Å². The molecule has 1 saturated carbocycles. The molecule has 2 aliphatic rings. The van der Waals surface area contributed by atoms with E-state index in [-0.39, 0.29) is 5.82 Å². The van der Waals surface area contributed by atoms with Crippen LogP contribution in [0, 0.1) is 18.7 Å². The highest BCUT2D eigenvalue weighted by molar-refractivity contribution is 5.30. The quantitative estimate of drug-likeness (QED) is 0.908. The van der Waals surface area contributed by atoms with Gasteiger partial charge in [0.1, 0.15) is 5.82 Å². The molecule has 0 amide bonds. The van der Waals surface area contributed by atoms with E-state index in [1.807, 2.05) is 13.0 Å². The van der Waals surface area contributed by atoms with Gasteiger partial charge in [0.05, 0.1) is 0 Å². The number of nitrogens with one attached hydrogen (secondary N) is 1. The van der Waals surface area contributed by atoms with E-state index >= 15 is 0 Å². The van der Waals surface area contributed by atoms with Gasteiger partial charge >= 0.3 is 0 Å². The number of piperidine rings is 1. The van der Waals surface area contributed by atoms with Crippen LogP contribution in [0.1, 0.15) is 42.9 Å². The molecule has 1 aliphatic carbocycles. The normalized spacial score (nSPS) is 27.8. The van der Waals surface area contributed by atoms with E-state index in [2.05, 4.69) is 17.3 Å². The zero-order valence-electron chi connectivity index (χ0n) is 12.5. The Morgan fingerprint density at radius 1 is 1.30 bits per heavy atom. The summed E-state index contributed by atoms with van der Waals surface area (Å²) in [5, 5.41) is 3.68. The summed E-state index contributed by atoms with van der Waals surface area (Å²) in [4.78, 5) is 2.45. The van der Waals surface area contributed by atoms with Crippen molar-refractivity contribution in [3.05, 3.63) is 35.1 Å². The Morgan fingerprint density at radius 3 is 2.80 bits per heavy atom. The lowest BCUT2D eigenvalue weighted by Gasteiger charge is -2.40. The number of hydrogen-bond acceptors (Lipinski definition) is 2. The lowest BCUT2D eigenvalue weighted by Crippen LogP contribution is -2.41. The Kier molecular flexibility index (Phi) is 4.08. The largest absolute Gasteiger partial charge is 0.314 e. The molecular weight excluding hydrogens is 251 g/mol. The van der Waals surface area contributed by atoms with E-state index in [9.17, 15) is 4.39 Å². The van der Waals surface area contributed by atoms with Crippen molar-refractivity contribution in [1.29, 1.82) is 0 Å². The van der Waals surface area contributed by atoms with Crippen molar-refractivity contribution in [3.63, 3.8) is 0 Å². The molecule has 3 rings (SSSR count). The minimum absolute atomic E-state index is 0.127. The number of benzene rings is 1. The molecule has 1 heterocycles. The molecule has 2 unspecified atom stereocenters. The molecule has 3 heteroatoms. The Bertz CT molecular complexity index is 470. The summed E-state index contributed by atoms with van der Waals surface area (Å²) in [6, 6.07) is 6.45. The van der Waals surface area contributed by atoms with E-state index in [0.29, 0.717) is 12.0 Å². The second kappa shape index (κ2) is 5.82. The number of halogens is 1. The summed E-state index contributed by atoms with van der Waals surface area (Å²) in [5.41, 5.74) is 2.39. The molecular formula is C17H25FN2. The highest BCUT2D eigenvalue weighted by Crippen LogP contribution is 2.36. The van der Waals surface area contributed by atoms with Crippen molar-refractivity contribution in [1.82, 2.24) is 10.2 Å². The first-order valence-electron chi connectivity index (χ1n) is 7.85. The summed E-state index contributed by atoms with van der Waals surface area (Å²) in [6.45, 7) is 4.27. The zero-order chi connectivity index (χ0) is 14.1. The van der Waals surface area contributed by atoms with E-state index in [1.54, 1.807) is 12.1 Å². The minimum Gasteiger partial charge on any atom is -0.314 e. The Labute approximate surface area is 121 Å². The molecule has 0 aromatic heterocycles. The molecule has 1 aliphatic heterocycles. The summed E-state index contributed by atoms with van der Waals surface area (Å²) in [7, 11) is 2.21. The van der Waals surface area contributed by atoms with E-state index < -0.39 is 0 Å². The SMILES string of the molecule is Cc1cc(F)ccc1C1C(CNC2CC2)CCCN1C. The maximum absolute atomic E-state index is 13.3. The third-order valence-corrected chi connectivity index (χ3v) is 4.80. The predicted molar refractivity (Wildman–Crippen MR) is 80.3 cm³/mol. The Morgan fingerprint density at radius 2 is 2.10 bits per heavy atom. The number of rotatable bonds is 4. The summed E-state index contributed by atoms with van der Waals surface area (Å²) in [5.74, 6) is 0.510. The fraction of sp³-hybridized carbons (Fsp3) is 0.647. The second-order valence-corrected chi connectivity index (χ2v) is 6.51. The number of aryl methyl sites for hydroxylation is 1. The van der Waals surface area contributed by atoms with Crippen LogP contribution in [0.15, 0.2) is 18.2 Å². The van der Waals surface area contributed by atoms with Crippen LogP contribution in [-0.2, 0) is 0 Å². The van der Waals surface area contributed by atoms with Crippen molar-refractivity contribution in [2.24, 2.45) is 5.92 Å².